The third-order valence-electron chi connectivity index (χ3n) is 3.19. The van der Waals surface area contributed by atoms with Crippen LogP contribution in [0.4, 0.5) is 19.0 Å². The van der Waals surface area contributed by atoms with Crippen molar-refractivity contribution in [3.63, 3.8) is 0 Å². The molecule has 1 atom stereocenters. The van der Waals surface area contributed by atoms with E-state index in [0.717, 1.165) is 12.8 Å². The molecule has 1 aliphatic rings. The Hall–Kier alpha value is -1.50. The van der Waals surface area contributed by atoms with E-state index >= 15 is 0 Å². The molecule has 1 radical (unpaired) electrons. The van der Waals surface area contributed by atoms with Gasteiger partial charge in [0.2, 0.25) is 5.88 Å². The summed E-state index contributed by atoms with van der Waals surface area (Å²) in [6.07, 6.45) is -2.52. The molecule has 117 valence electrons. The summed E-state index contributed by atoms with van der Waals surface area (Å²) in [7, 11) is 0. The summed E-state index contributed by atoms with van der Waals surface area (Å²) in [5.74, 6) is 0.517. The highest BCUT2D eigenvalue weighted by molar-refractivity contribution is 5.42. The maximum absolute atomic E-state index is 13.0. The summed E-state index contributed by atoms with van der Waals surface area (Å²) >= 11 is 0. The molecule has 2 rings (SSSR count). The van der Waals surface area contributed by atoms with Gasteiger partial charge in [-0.3, -0.25) is 0 Å². The van der Waals surface area contributed by atoms with Gasteiger partial charge in [0.1, 0.15) is 11.9 Å². The van der Waals surface area contributed by atoms with Crippen LogP contribution in [0.5, 0.6) is 5.88 Å². The Morgan fingerprint density at radius 2 is 2.29 bits per heavy atom. The number of hydrogen-bond acceptors (Lipinski definition) is 4. The SMILES string of the molecule is CCCCOc1c[c]cc(N2CCOCC2C(F)(F)F)n1. The molecular weight excluding hydrogens is 285 g/mol. The maximum Gasteiger partial charge on any atom is 0.411 e. The summed E-state index contributed by atoms with van der Waals surface area (Å²) in [6.45, 7) is 2.53. The van der Waals surface area contributed by atoms with E-state index in [9.17, 15) is 13.2 Å². The minimum Gasteiger partial charge on any atom is -0.478 e. The van der Waals surface area contributed by atoms with Gasteiger partial charge in [-0.1, -0.05) is 13.3 Å². The lowest BCUT2D eigenvalue weighted by Gasteiger charge is -2.37. The number of halogens is 3. The molecule has 0 amide bonds. The Labute approximate surface area is 121 Å². The van der Waals surface area contributed by atoms with E-state index in [2.05, 4.69) is 11.1 Å². The van der Waals surface area contributed by atoms with E-state index in [1.165, 1.54) is 17.0 Å². The van der Waals surface area contributed by atoms with Crippen molar-refractivity contribution in [3.05, 3.63) is 18.2 Å². The van der Waals surface area contributed by atoms with Gasteiger partial charge in [0.25, 0.3) is 0 Å². The van der Waals surface area contributed by atoms with Crippen LogP contribution >= 0.6 is 0 Å². The monoisotopic (exact) mass is 303 g/mol. The Morgan fingerprint density at radius 1 is 1.48 bits per heavy atom. The molecule has 21 heavy (non-hydrogen) atoms. The van der Waals surface area contributed by atoms with Crippen molar-refractivity contribution >= 4 is 5.82 Å². The van der Waals surface area contributed by atoms with E-state index in [0.29, 0.717) is 12.5 Å². The molecule has 0 N–H and O–H groups in total. The van der Waals surface area contributed by atoms with E-state index in [1.807, 2.05) is 6.92 Å². The second-order valence-corrected chi connectivity index (χ2v) is 4.79. The van der Waals surface area contributed by atoms with Crippen LogP contribution in [0.1, 0.15) is 19.8 Å². The second kappa shape index (κ2) is 6.98. The molecule has 2 heterocycles. The zero-order chi connectivity index (χ0) is 15.3. The second-order valence-electron chi connectivity index (χ2n) is 4.79. The summed E-state index contributed by atoms with van der Waals surface area (Å²) in [5, 5.41) is 0. The first-order valence-corrected chi connectivity index (χ1v) is 6.94. The van der Waals surface area contributed by atoms with Crippen LogP contribution in [-0.2, 0) is 4.74 Å². The van der Waals surface area contributed by atoms with Gasteiger partial charge >= 0.3 is 6.18 Å². The van der Waals surface area contributed by atoms with Gasteiger partial charge in [0.15, 0.2) is 0 Å². The van der Waals surface area contributed by atoms with Gasteiger partial charge in [-0.05, 0) is 18.6 Å². The molecule has 7 heteroatoms. The normalized spacial score (nSPS) is 19.6. The van der Waals surface area contributed by atoms with Crippen molar-refractivity contribution in [2.45, 2.75) is 32.0 Å². The number of hydrogen-bond donors (Lipinski definition) is 0. The van der Waals surface area contributed by atoms with Crippen LogP contribution in [0.15, 0.2) is 12.1 Å². The lowest BCUT2D eigenvalue weighted by atomic mass is 10.2. The van der Waals surface area contributed by atoms with Crippen molar-refractivity contribution in [2.24, 2.45) is 0 Å². The maximum atomic E-state index is 13.0. The predicted octanol–water partition coefficient (Wildman–Crippen LogP) is 2.83. The van der Waals surface area contributed by atoms with Crippen LogP contribution in [0.3, 0.4) is 0 Å². The van der Waals surface area contributed by atoms with Crippen molar-refractivity contribution in [1.29, 1.82) is 0 Å². The fraction of sp³-hybridized carbons (Fsp3) is 0.643. The lowest BCUT2D eigenvalue weighted by Crippen LogP contribution is -2.53. The summed E-state index contributed by atoms with van der Waals surface area (Å²) in [5.41, 5.74) is 0. The van der Waals surface area contributed by atoms with Crippen molar-refractivity contribution in [2.75, 3.05) is 31.3 Å². The van der Waals surface area contributed by atoms with Gasteiger partial charge in [-0.25, -0.2) is 0 Å². The molecule has 4 nitrogen and oxygen atoms in total. The van der Waals surface area contributed by atoms with Crippen LogP contribution < -0.4 is 9.64 Å². The van der Waals surface area contributed by atoms with Crippen molar-refractivity contribution in [3.8, 4) is 5.88 Å². The highest BCUT2D eigenvalue weighted by atomic mass is 19.4. The van der Waals surface area contributed by atoms with E-state index in [-0.39, 0.29) is 25.6 Å². The molecule has 1 unspecified atom stereocenters. The smallest absolute Gasteiger partial charge is 0.411 e. The van der Waals surface area contributed by atoms with Crippen molar-refractivity contribution in [1.82, 2.24) is 4.98 Å². The third kappa shape index (κ3) is 4.23. The summed E-state index contributed by atoms with van der Waals surface area (Å²) < 4.78 is 49.5. The number of ether oxygens (including phenoxy) is 2. The third-order valence-corrected chi connectivity index (χ3v) is 3.19. The first kappa shape index (κ1) is 15.9. The minimum atomic E-state index is -4.36. The topological polar surface area (TPSA) is 34.6 Å². The molecule has 1 saturated heterocycles. The molecule has 0 saturated carbocycles. The highest BCUT2D eigenvalue weighted by Gasteiger charge is 2.45. The number of aromatic nitrogens is 1. The number of pyridine rings is 1. The van der Waals surface area contributed by atoms with E-state index in [4.69, 9.17) is 9.47 Å². The number of morpholine rings is 1. The summed E-state index contributed by atoms with van der Waals surface area (Å²) in [6, 6.07) is 4.08. The largest absolute Gasteiger partial charge is 0.478 e. The van der Waals surface area contributed by atoms with Gasteiger partial charge in [-0.2, -0.15) is 18.2 Å². The van der Waals surface area contributed by atoms with E-state index < -0.39 is 12.2 Å². The molecule has 1 aliphatic heterocycles. The molecule has 1 aromatic rings. The van der Waals surface area contributed by atoms with Crippen LogP contribution in [0, 0.1) is 6.07 Å². The molecule has 1 aromatic heterocycles. The van der Waals surface area contributed by atoms with Crippen LogP contribution in [0.2, 0.25) is 0 Å². The molecule has 0 aliphatic carbocycles. The van der Waals surface area contributed by atoms with Gasteiger partial charge in [0, 0.05) is 12.6 Å². The standard InChI is InChI=1S/C14H18F3N2O2/c1-2-3-8-21-13-6-4-5-12(18-13)19-7-9-20-10-11(19)14(15,16)17/h5-6,11H,2-3,7-10H2,1H3. The number of anilines is 1. The predicted molar refractivity (Wildman–Crippen MR) is 71.5 cm³/mol. The van der Waals surface area contributed by atoms with Crippen molar-refractivity contribution < 1.29 is 22.6 Å². The summed E-state index contributed by atoms with van der Waals surface area (Å²) in [4.78, 5) is 5.35. The fourth-order valence-corrected chi connectivity index (χ4v) is 2.06. The minimum absolute atomic E-state index is 0.142. The average Bonchev–Trinajstić information content (AvgIpc) is 2.47. The first-order valence-electron chi connectivity index (χ1n) is 6.94. The molecule has 0 bridgehead atoms. The number of unbranched alkanes of at least 4 members (excludes halogenated alkanes) is 1. The molecule has 1 fully saturated rings. The van der Waals surface area contributed by atoms with Crippen LogP contribution in [-0.4, -0.2) is 43.6 Å². The van der Waals surface area contributed by atoms with Gasteiger partial charge < -0.3 is 14.4 Å². The number of rotatable bonds is 5. The van der Waals surface area contributed by atoms with Gasteiger partial charge in [-0.15, -0.1) is 0 Å². The van der Waals surface area contributed by atoms with E-state index in [1.54, 1.807) is 0 Å². The lowest BCUT2D eigenvalue weighted by molar-refractivity contribution is -0.167. The average molecular weight is 303 g/mol. The number of nitrogens with zero attached hydrogens (tertiary/aromatic N) is 2. The Balaban J connectivity index is 2.13. The van der Waals surface area contributed by atoms with Gasteiger partial charge in [0.05, 0.1) is 19.8 Å². The number of alkyl halides is 3. The fourth-order valence-electron chi connectivity index (χ4n) is 2.06. The highest BCUT2D eigenvalue weighted by Crippen LogP contribution is 2.30. The Morgan fingerprint density at radius 3 is 3.00 bits per heavy atom. The quantitative estimate of drug-likeness (QED) is 0.784. The van der Waals surface area contributed by atoms with Crippen LogP contribution in [0.25, 0.3) is 0 Å². The zero-order valence-corrected chi connectivity index (χ0v) is 11.8. The molecular formula is C14H18F3N2O2. The Kier molecular flexibility index (Phi) is 5.27. The Bertz CT molecular complexity index is 454. The first-order chi connectivity index (χ1) is 10.0. The zero-order valence-electron chi connectivity index (χ0n) is 11.8. The molecule has 0 aromatic carbocycles. The molecule has 0 spiro atoms.